The number of aromatic nitrogens is 3. The average molecular weight is 202 g/mol. The Kier molecular flexibility index (Phi) is 2.45. The molecule has 0 spiro atoms. The van der Waals surface area contributed by atoms with Gasteiger partial charge in [0.05, 0.1) is 6.54 Å². The summed E-state index contributed by atoms with van der Waals surface area (Å²) in [6.07, 6.45) is 3.19. The first-order valence-electron chi connectivity index (χ1n) is 4.48. The van der Waals surface area contributed by atoms with Gasteiger partial charge in [-0.15, -0.1) is 0 Å². The molecule has 0 fully saturated rings. The lowest BCUT2D eigenvalue weighted by Crippen LogP contribution is -2.21. The number of nitrogen functional groups attached to an aromatic ring is 1. The molecular formula is C10H10N4O. The van der Waals surface area contributed by atoms with Crippen molar-refractivity contribution in [1.29, 1.82) is 0 Å². The first-order chi connectivity index (χ1) is 7.25. The highest BCUT2D eigenvalue weighted by Gasteiger charge is 1.98. The molecule has 0 aromatic carbocycles. The van der Waals surface area contributed by atoms with E-state index in [1.807, 2.05) is 0 Å². The molecule has 0 saturated heterocycles. The van der Waals surface area contributed by atoms with Gasteiger partial charge in [0.1, 0.15) is 5.82 Å². The van der Waals surface area contributed by atoms with Crippen LogP contribution in [0, 0.1) is 0 Å². The van der Waals surface area contributed by atoms with E-state index in [-0.39, 0.29) is 5.56 Å². The summed E-state index contributed by atoms with van der Waals surface area (Å²) < 4.78 is 1.37. The molecule has 2 N–H and O–H groups in total. The van der Waals surface area contributed by atoms with Crippen molar-refractivity contribution < 1.29 is 0 Å². The smallest absolute Gasteiger partial charge is 0.267 e. The molecule has 2 aromatic rings. The van der Waals surface area contributed by atoms with E-state index in [0.717, 1.165) is 5.56 Å². The quantitative estimate of drug-likeness (QED) is 0.758. The zero-order valence-corrected chi connectivity index (χ0v) is 8.00. The Morgan fingerprint density at radius 3 is 2.93 bits per heavy atom. The highest BCUT2D eigenvalue weighted by atomic mass is 16.1. The lowest BCUT2D eigenvalue weighted by atomic mass is 10.2. The maximum absolute atomic E-state index is 11.4. The maximum atomic E-state index is 11.4. The van der Waals surface area contributed by atoms with Crippen LogP contribution in [0.15, 0.2) is 41.5 Å². The van der Waals surface area contributed by atoms with Crippen molar-refractivity contribution in [2.45, 2.75) is 6.54 Å². The molecular weight excluding hydrogens is 192 g/mol. The van der Waals surface area contributed by atoms with Gasteiger partial charge in [0.2, 0.25) is 0 Å². The Morgan fingerprint density at radius 1 is 1.33 bits per heavy atom. The van der Waals surface area contributed by atoms with Gasteiger partial charge < -0.3 is 5.73 Å². The van der Waals surface area contributed by atoms with Crippen LogP contribution in [0.2, 0.25) is 0 Å². The van der Waals surface area contributed by atoms with Crippen molar-refractivity contribution in [3.63, 3.8) is 0 Å². The molecule has 0 amide bonds. The predicted octanol–water partition coefficient (Wildman–Crippen LogP) is 0.269. The van der Waals surface area contributed by atoms with Crippen LogP contribution >= 0.6 is 0 Å². The lowest BCUT2D eigenvalue weighted by molar-refractivity contribution is 0.638. The van der Waals surface area contributed by atoms with Gasteiger partial charge in [0.25, 0.3) is 5.56 Å². The average Bonchev–Trinajstić information content (AvgIpc) is 2.22. The van der Waals surface area contributed by atoms with E-state index < -0.39 is 0 Å². The number of nitrogens with zero attached hydrogens (tertiary/aromatic N) is 3. The van der Waals surface area contributed by atoms with E-state index in [4.69, 9.17) is 5.73 Å². The van der Waals surface area contributed by atoms with Gasteiger partial charge in [-0.3, -0.25) is 4.79 Å². The summed E-state index contributed by atoms with van der Waals surface area (Å²) in [5.74, 6) is 0.441. The summed E-state index contributed by atoms with van der Waals surface area (Å²) in [6.45, 7) is 0.409. The van der Waals surface area contributed by atoms with Crippen molar-refractivity contribution in [3.8, 4) is 0 Å². The summed E-state index contributed by atoms with van der Waals surface area (Å²) in [5.41, 5.74) is 6.31. The number of hydrogen-bond acceptors (Lipinski definition) is 4. The Bertz CT molecular complexity index is 521. The van der Waals surface area contributed by atoms with Crippen molar-refractivity contribution >= 4 is 5.82 Å². The second kappa shape index (κ2) is 3.91. The molecule has 5 heteroatoms. The summed E-state index contributed by atoms with van der Waals surface area (Å²) in [6, 6.07) is 6.61. The topological polar surface area (TPSA) is 73.8 Å². The number of anilines is 1. The minimum absolute atomic E-state index is 0.132. The van der Waals surface area contributed by atoms with Crippen LogP contribution < -0.4 is 11.3 Å². The molecule has 2 aromatic heterocycles. The lowest BCUT2D eigenvalue weighted by Gasteiger charge is -2.03. The SMILES string of the molecule is Nc1cc(Cn2ncccc2=O)ccn1. The zero-order valence-electron chi connectivity index (χ0n) is 8.00. The Labute approximate surface area is 86.2 Å². The molecule has 0 radical (unpaired) electrons. The minimum atomic E-state index is -0.132. The molecule has 2 heterocycles. The molecule has 76 valence electrons. The molecule has 0 aliphatic rings. The summed E-state index contributed by atoms with van der Waals surface area (Å²) in [5, 5.41) is 3.95. The molecule has 2 rings (SSSR count). The Hall–Kier alpha value is -2.17. The first-order valence-corrected chi connectivity index (χ1v) is 4.48. The molecule has 0 bridgehead atoms. The second-order valence-corrected chi connectivity index (χ2v) is 3.11. The van der Waals surface area contributed by atoms with E-state index >= 15 is 0 Å². The molecule has 0 aliphatic heterocycles. The van der Waals surface area contributed by atoms with Gasteiger partial charge in [0, 0.05) is 18.5 Å². The van der Waals surface area contributed by atoms with Gasteiger partial charge in [-0.05, 0) is 23.8 Å². The van der Waals surface area contributed by atoms with Crippen LogP contribution in [-0.4, -0.2) is 14.8 Å². The van der Waals surface area contributed by atoms with Crippen molar-refractivity contribution in [3.05, 3.63) is 52.6 Å². The molecule has 15 heavy (non-hydrogen) atoms. The van der Waals surface area contributed by atoms with Gasteiger partial charge in [-0.1, -0.05) is 0 Å². The molecule has 0 unspecified atom stereocenters. The van der Waals surface area contributed by atoms with Gasteiger partial charge in [-0.25, -0.2) is 9.67 Å². The molecule has 0 saturated carbocycles. The Balaban J connectivity index is 2.30. The van der Waals surface area contributed by atoms with Gasteiger partial charge in [0.15, 0.2) is 0 Å². The monoisotopic (exact) mass is 202 g/mol. The van der Waals surface area contributed by atoms with E-state index in [9.17, 15) is 4.79 Å². The van der Waals surface area contributed by atoms with Crippen LogP contribution in [0.3, 0.4) is 0 Å². The van der Waals surface area contributed by atoms with E-state index in [1.54, 1.807) is 30.6 Å². The van der Waals surface area contributed by atoms with Crippen molar-refractivity contribution in [1.82, 2.24) is 14.8 Å². The van der Waals surface area contributed by atoms with Crippen LogP contribution in [-0.2, 0) is 6.54 Å². The van der Waals surface area contributed by atoms with E-state index in [1.165, 1.54) is 10.7 Å². The zero-order chi connectivity index (χ0) is 10.7. The number of hydrogen-bond donors (Lipinski definition) is 1. The number of rotatable bonds is 2. The minimum Gasteiger partial charge on any atom is -0.384 e. The second-order valence-electron chi connectivity index (χ2n) is 3.11. The largest absolute Gasteiger partial charge is 0.384 e. The number of pyridine rings is 1. The first kappa shape index (κ1) is 9.39. The van der Waals surface area contributed by atoms with Gasteiger partial charge >= 0.3 is 0 Å². The van der Waals surface area contributed by atoms with Gasteiger partial charge in [-0.2, -0.15) is 5.10 Å². The standard InChI is InChI=1S/C10H10N4O/c11-9-6-8(3-5-12-9)7-14-10(15)2-1-4-13-14/h1-6H,7H2,(H2,11,12). The summed E-state index contributed by atoms with van der Waals surface area (Å²) in [7, 11) is 0. The predicted molar refractivity (Wildman–Crippen MR) is 56.2 cm³/mol. The van der Waals surface area contributed by atoms with E-state index in [0.29, 0.717) is 12.4 Å². The summed E-state index contributed by atoms with van der Waals surface area (Å²) in [4.78, 5) is 15.2. The molecule has 5 nitrogen and oxygen atoms in total. The van der Waals surface area contributed by atoms with Crippen molar-refractivity contribution in [2.24, 2.45) is 0 Å². The van der Waals surface area contributed by atoms with Crippen molar-refractivity contribution in [2.75, 3.05) is 5.73 Å². The maximum Gasteiger partial charge on any atom is 0.267 e. The normalized spacial score (nSPS) is 10.1. The van der Waals surface area contributed by atoms with Crippen LogP contribution in [0.4, 0.5) is 5.82 Å². The molecule has 0 atom stereocenters. The summed E-state index contributed by atoms with van der Waals surface area (Å²) >= 11 is 0. The highest BCUT2D eigenvalue weighted by molar-refractivity contribution is 5.31. The van der Waals surface area contributed by atoms with Crippen LogP contribution in [0.5, 0.6) is 0 Å². The third-order valence-corrected chi connectivity index (χ3v) is 1.96. The number of nitrogens with two attached hydrogens (primary N) is 1. The molecule has 0 aliphatic carbocycles. The fraction of sp³-hybridized carbons (Fsp3) is 0.100. The fourth-order valence-electron chi connectivity index (χ4n) is 1.27. The Morgan fingerprint density at radius 2 is 2.20 bits per heavy atom. The van der Waals surface area contributed by atoms with E-state index in [2.05, 4.69) is 10.1 Å². The fourth-order valence-corrected chi connectivity index (χ4v) is 1.27. The van der Waals surface area contributed by atoms with Crippen LogP contribution in [0.1, 0.15) is 5.56 Å². The third-order valence-electron chi connectivity index (χ3n) is 1.96. The van der Waals surface area contributed by atoms with Crippen LogP contribution in [0.25, 0.3) is 0 Å². The third kappa shape index (κ3) is 2.19. The highest BCUT2D eigenvalue weighted by Crippen LogP contribution is 2.03.